The minimum Gasteiger partial charge on any atom is -0.356 e. The van der Waals surface area contributed by atoms with Gasteiger partial charge in [0.2, 0.25) is 5.91 Å². The van der Waals surface area contributed by atoms with Crippen LogP contribution in [-0.2, 0) is 11.2 Å². The Morgan fingerprint density at radius 2 is 1.96 bits per heavy atom. The van der Waals surface area contributed by atoms with E-state index in [1.807, 2.05) is 26.0 Å². The summed E-state index contributed by atoms with van der Waals surface area (Å²) in [7, 11) is 0. The van der Waals surface area contributed by atoms with Crippen LogP contribution in [0.1, 0.15) is 43.4 Å². The number of pyridine rings is 1. The summed E-state index contributed by atoms with van der Waals surface area (Å²) in [6, 6.07) is 6.00. The summed E-state index contributed by atoms with van der Waals surface area (Å²) in [5.41, 5.74) is 3.69. The summed E-state index contributed by atoms with van der Waals surface area (Å²) in [4.78, 5) is 27.0. The fourth-order valence-corrected chi connectivity index (χ4v) is 2.74. The number of rotatable bonds is 6. The van der Waals surface area contributed by atoms with Crippen molar-refractivity contribution < 1.29 is 4.79 Å². The average Bonchev–Trinajstić information content (AvgIpc) is 2.44. The van der Waals surface area contributed by atoms with Gasteiger partial charge in [-0.3, -0.25) is 9.59 Å². The molecule has 1 amide bonds. The van der Waals surface area contributed by atoms with Gasteiger partial charge < -0.3 is 10.3 Å². The molecule has 1 heterocycles. The average molecular weight is 314 g/mol. The molecule has 1 aromatic heterocycles. The molecule has 0 radical (unpaired) electrons. The van der Waals surface area contributed by atoms with Gasteiger partial charge in [0.25, 0.3) is 5.56 Å². The maximum absolute atomic E-state index is 12.2. The molecule has 2 N–H and O–H groups in total. The Balaban J connectivity index is 2.07. The van der Waals surface area contributed by atoms with Crippen LogP contribution in [0.25, 0.3) is 10.9 Å². The van der Waals surface area contributed by atoms with E-state index in [1.54, 1.807) is 0 Å². The lowest BCUT2D eigenvalue weighted by Crippen LogP contribution is -2.26. The van der Waals surface area contributed by atoms with Gasteiger partial charge in [0.05, 0.1) is 0 Å². The number of fused-ring (bicyclic) bond motifs is 1. The van der Waals surface area contributed by atoms with Crippen LogP contribution in [0, 0.1) is 19.8 Å². The fraction of sp³-hybridized carbons (Fsp3) is 0.474. The van der Waals surface area contributed by atoms with Crippen molar-refractivity contribution in [1.29, 1.82) is 0 Å². The zero-order valence-corrected chi connectivity index (χ0v) is 14.5. The van der Waals surface area contributed by atoms with Crippen LogP contribution in [0.15, 0.2) is 23.0 Å². The largest absolute Gasteiger partial charge is 0.356 e. The van der Waals surface area contributed by atoms with E-state index in [0.29, 0.717) is 30.9 Å². The quantitative estimate of drug-likeness (QED) is 0.860. The molecule has 0 saturated heterocycles. The fourth-order valence-electron chi connectivity index (χ4n) is 2.74. The Hall–Kier alpha value is -2.10. The second kappa shape index (κ2) is 7.44. The third-order valence-electron chi connectivity index (χ3n) is 4.05. The van der Waals surface area contributed by atoms with E-state index in [1.165, 1.54) is 0 Å². The smallest absolute Gasteiger partial charge is 0.251 e. The van der Waals surface area contributed by atoms with Crippen LogP contribution in [0.2, 0.25) is 0 Å². The Kier molecular flexibility index (Phi) is 5.59. The monoisotopic (exact) mass is 314 g/mol. The topological polar surface area (TPSA) is 62.0 Å². The zero-order valence-electron chi connectivity index (χ0n) is 14.5. The summed E-state index contributed by atoms with van der Waals surface area (Å²) in [6.45, 7) is 9.01. The number of nitrogens with one attached hydrogen (secondary N) is 2. The highest BCUT2D eigenvalue weighted by molar-refractivity contribution is 5.83. The lowest BCUT2D eigenvalue weighted by atomic mass is 10.0. The van der Waals surface area contributed by atoms with Crippen LogP contribution in [-0.4, -0.2) is 17.4 Å². The van der Waals surface area contributed by atoms with Crippen LogP contribution in [0.3, 0.4) is 0 Å². The van der Waals surface area contributed by atoms with Gasteiger partial charge in [0, 0.05) is 29.4 Å². The molecule has 0 aliphatic heterocycles. The first kappa shape index (κ1) is 17.3. The minimum atomic E-state index is -0.0996. The summed E-state index contributed by atoms with van der Waals surface area (Å²) in [5, 5.41) is 3.96. The number of amides is 1. The van der Waals surface area contributed by atoms with Crippen molar-refractivity contribution >= 4 is 16.8 Å². The number of H-pyrrole nitrogens is 1. The van der Waals surface area contributed by atoms with Gasteiger partial charge in [-0.2, -0.15) is 0 Å². The third-order valence-corrected chi connectivity index (χ3v) is 4.05. The Labute approximate surface area is 137 Å². The first-order valence-corrected chi connectivity index (χ1v) is 8.26. The molecule has 23 heavy (non-hydrogen) atoms. The number of aromatic nitrogens is 1. The number of carbonyl (C=O) groups is 1. The van der Waals surface area contributed by atoms with Crippen molar-refractivity contribution in [2.75, 3.05) is 6.54 Å². The molecular weight excluding hydrogens is 288 g/mol. The molecule has 4 nitrogen and oxygen atoms in total. The third kappa shape index (κ3) is 4.68. The molecular formula is C19H26N2O2. The highest BCUT2D eigenvalue weighted by Crippen LogP contribution is 2.18. The van der Waals surface area contributed by atoms with Gasteiger partial charge in [-0.05, 0) is 55.9 Å². The molecule has 1 aromatic carbocycles. The second-order valence-electron chi connectivity index (χ2n) is 6.70. The first-order chi connectivity index (χ1) is 10.9. The molecule has 124 valence electrons. The van der Waals surface area contributed by atoms with Gasteiger partial charge in [0.15, 0.2) is 0 Å². The molecule has 0 fully saturated rings. The number of benzene rings is 1. The molecule has 0 aliphatic rings. The number of hydrogen-bond donors (Lipinski definition) is 2. The van der Waals surface area contributed by atoms with Crippen LogP contribution in [0.4, 0.5) is 0 Å². The van der Waals surface area contributed by atoms with Crippen LogP contribution < -0.4 is 10.9 Å². The van der Waals surface area contributed by atoms with E-state index < -0.39 is 0 Å². The lowest BCUT2D eigenvalue weighted by molar-refractivity contribution is -0.121. The van der Waals surface area contributed by atoms with Gasteiger partial charge >= 0.3 is 0 Å². The Morgan fingerprint density at radius 3 is 2.65 bits per heavy atom. The zero-order chi connectivity index (χ0) is 17.0. The van der Waals surface area contributed by atoms with Gasteiger partial charge in [-0.15, -0.1) is 0 Å². The summed E-state index contributed by atoms with van der Waals surface area (Å²) in [5.74, 6) is 0.579. The Morgan fingerprint density at radius 1 is 1.22 bits per heavy atom. The van der Waals surface area contributed by atoms with E-state index in [2.05, 4.69) is 30.2 Å². The lowest BCUT2D eigenvalue weighted by Gasteiger charge is -2.08. The number of aryl methyl sites for hydroxylation is 3. The summed E-state index contributed by atoms with van der Waals surface area (Å²) >= 11 is 0. The normalized spacial score (nSPS) is 11.2. The van der Waals surface area contributed by atoms with Crippen LogP contribution >= 0.6 is 0 Å². The molecule has 0 saturated carbocycles. The number of hydrogen-bond acceptors (Lipinski definition) is 2. The summed E-state index contributed by atoms with van der Waals surface area (Å²) in [6.07, 6.45) is 1.78. The molecule has 4 heteroatoms. The van der Waals surface area contributed by atoms with Crippen molar-refractivity contribution in [3.63, 3.8) is 0 Å². The molecule has 2 rings (SSSR count). The molecule has 0 spiro atoms. The van der Waals surface area contributed by atoms with Crippen molar-refractivity contribution in [1.82, 2.24) is 10.3 Å². The minimum absolute atomic E-state index is 0.00535. The maximum Gasteiger partial charge on any atom is 0.251 e. The van der Waals surface area contributed by atoms with E-state index in [-0.39, 0.29) is 11.5 Å². The van der Waals surface area contributed by atoms with Crippen molar-refractivity contribution in [3.05, 3.63) is 45.2 Å². The van der Waals surface area contributed by atoms with Crippen molar-refractivity contribution in [3.8, 4) is 0 Å². The van der Waals surface area contributed by atoms with Gasteiger partial charge in [-0.1, -0.05) is 19.9 Å². The predicted octanol–water partition coefficient (Wildman–Crippen LogP) is 3.24. The maximum atomic E-state index is 12.2. The molecule has 0 atom stereocenters. The standard InChI is InChI=1S/C19H26N2O2/c1-12(2)7-8-20-18(22)6-5-15-11-16-14(4)9-13(3)10-17(16)21-19(15)23/h9-12H,5-8H2,1-4H3,(H,20,22)(H,21,23). The highest BCUT2D eigenvalue weighted by Gasteiger charge is 2.08. The van der Waals surface area contributed by atoms with E-state index in [0.717, 1.165) is 28.5 Å². The molecule has 2 aromatic rings. The molecule has 0 bridgehead atoms. The highest BCUT2D eigenvalue weighted by atomic mass is 16.1. The van der Waals surface area contributed by atoms with Gasteiger partial charge in [0.1, 0.15) is 0 Å². The number of carbonyl (C=O) groups excluding carboxylic acids is 1. The molecule has 0 aliphatic carbocycles. The summed E-state index contributed by atoms with van der Waals surface area (Å²) < 4.78 is 0. The van der Waals surface area contributed by atoms with Crippen molar-refractivity contribution in [2.24, 2.45) is 5.92 Å². The van der Waals surface area contributed by atoms with E-state index in [9.17, 15) is 9.59 Å². The van der Waals surface area contributed by atoms with Crippen LogP contribution in [0.5, 0.6) is 0 Å². The second-order valence-corrected chi connectivity index (χ2v) is 6.70. The van der Waals surface area contributed by atoms with Crippen molar-refractivity contribution in [2.45, 2.75) is 47.0 Å². The van der Waals surface area contributed by atoms with Gasteiger partial charge in [-0.25, -0.2) is 0 Å². The van der Waals surface area contributed by atoms with E-state index >= 15 is 0 Å². The Bertz CT molecular complexity index is 760. The predicted molar refractivity (Wildman–Crippen MR) is 94.8 cm³/mol. The SMILES string of the molecule is Cc1cc(C)c2cc(CCC(=O)NCCC(C)C)c(=O)[nH]c2c1. The number of aromatic amines is 1. The van der Waals surface area contributed by atoms with E-state index in [4.69, 9.17) is 0 Å². The molecule has 0 unspecified atom stereocenters. The first-order valence-electron chi connectivity index (χ1n) is 8.26.